The van der Waals surface area contributed by atoms with Gasteiger partial charge in [0.15, 0.2) is 0 Å². The Labute approximate surface area is 154 Å². The second-order valence-corrected chi connectivity index (χ2v) is 9.21. The Kier molecular flexibility index (Phi) is 5.75. The van der Waals surface area contributed by atoms with Crippen LogP contribution >= 0.6 is 0 Å². The molecule has 0 saturated heterocycles. The maximum atomic E-state index is 12.5. The van der Waals surface area contributed by atoms with Gasteiger partial charge < -0.3 is 9.84 Å². The largest absolute Gasteiger partial charge is 0.361 e. The zero-order chi connectivity index (χ0) is 19.5. The molecular formula is C18H25N3O4S. The zero-order valence-electron chi connectivity index (χ0n) is 15.7. The third-order valence-corrected chi connectivity index (χ3v) is 5.75. The highest BCUT2D eigenvalue weighted by Gasteiger charge is 2.29. The van der Waals surface area contributed by atoms with E-state index in [0.717, 1.165) is 0 Å². The Hall–Kier alpha value is -2.35. The summed E-state index contributed by atoms with van der Waals surface area (Å²) >= 11 is 0. The van der Waals surface area contributed by atoms with Crippen LogP contribution < -0.4 is 9.62 Å². The third-order valence-electron chi connectivity index (χ3n) is 3.98. The number of carbonyl (C=O) groups excluding carboxylic acids is 1. The van der Waals surface area contributed by atoms with Gasteiger partial charge in [0.25, 0.3) is 5.91 Å². The summed E-state index contributed by atoms with van der Waals surface area (Å²) in [7, 11) is -2.05. The molecule has 142 valence electrons. The number of amides is 1. The minimum atomic E-state index is -3.55. The number of nitrogens with zero attached hydrogens (tertiary/aromatic N) is 2. The van der Waals surface area contributed by atoms with Crippen molar-refractivity contribution in [3.05, 3.63) is 47.3 Å². The smallest absolute Gasteiger partial charge is 0.256 e. The molecule has 1 aromatic heterocycles. The van der Waals surface area contributed by atoms with Crippen LogP contribution in [0.3, 0.4) is 0 Å². The Bertz CT molecular complexity index is 868. The van der Waals surface area contributed by atoms with Crippen molar-refractivity contribution < 1.29 is 17.7 Å². The maximum absolute atomic E-state index is 12.5. The van der Waals surface area contributed by atoms with Gasteiger partial charge in [-0.1, -0.05) is 44.1 Å². The monoisotopic (exact) mass is 379 g/mol. The van der Waals surface area contributed by atoms with Gasteiger partial charge in [-0.05, 0) is 19.1 Å². The normalized spacial score (nSPS) is 12.0. The summed E-state index contributed by atoms with van der Waals surface area (Å²) < 4.78 is 31.2. The Morgan fingerprint density at radius 1 is 1.23 bits per heavy atom. The van der Waals surface area contributed by atoms with Gasteiger partial charge in [0.05, 0.1) is 11.4 Å². The molecule has 8 heteroatoms. The predicted octanol–water partition coefficient (Wildman–Crippen LogP) is 2.48. The van der Waals surface area contributed by atoms with Crippen LogP contribution in [0, 0.1) is 6.92 Å². The first-order chi connectivity index (χ1) is 12.0. The number of para-hydroxylation sites is 1. The van der Waals surface area contributed by atoms with Crippen LogP contribution in [0.4, 0.5) is 5.69 Å². The molecule has 7 nitrogen and oxygen atoms in total. The lowest BCUT2D eigenvalue weighted by Gasteiger charge is -2.20. The number of anilines is 1. The van der Waals surface area contributed by atoms with Crippen molar-refractivity contribution in [3.8, 4) is 0 Å². The number of benzene rings is 1. The summed E-state index contributed by atoms with van der Waals surface area (Å²) in [5.74, 6) is -0.179. The topological polar surface area (TPSA) is 92.5 Å². The molecule has 0 spiro atoms. The fourth-order valence-corrected chi connectivity index (χ4v) is 3.55. The number of hydrogen-bond acceptors (Lipinski definition) is 5. The average Bonchev–Trinajstić information content (AvgIpc) is 2.96. The van der Waals surface area contributed by atoms with Gasteiger partial charge >= 0.3 is 0 Å². The first kappa shape index (κ1) is 20.0. The van der Waals surface area contributed by atoms with Crippen molar-refractivity contribution in [2.45, 2.75) is 33.1 Å². The quantitative estimate of drug-likeness (QED) is 0.832. The molecule has 0 radical (unpaired) electrons. The number of nitrogens with one attached hydrogen (secondary N) is 1. The molecular weight excluding hydrogens is 354 g/mol. The van der Waals surface area contributed by atoms with E-state index in [-0.39, 0.29) is 23.6 Å². The van der Waals surface area contributed by atoms with E-state index < -0.39 is 10.0 Å². The number of carbonyl (C=O) groups is 1. The first-order valence-corrected chi connectivity index (χ1v) is 9.91. The van der Waals surface area contributed by atoms with E-state index in [9.17, 15) is 13.2 Å². The molecule has 1 aromatic carbocycles. The molecule has 0 aliphatic rings. The molecule has 1 heterocycles. The molecule has 0 aliphatic carbocycles. The Morgan fingerprint density at radius 2 is 1.85 bits per heavy atom. The predicted molar refractivity (Wildman–Crippen MR) is 101 cm³/mol. The summed E-state index contributed by atoms with van der Waals surface area (Å²) in [6.07, 6.45) is 0. The number of rotatable bonds is 6. The zero-order valence-corrected chi connectivity index (χ0v) is 16.6. The molecule has 2 aromatic rings. The first-order valence-electron chi connectivity index (χ1n) is 8.30. The standard InChI is InChI=1S/C18H25N3O4S/c1-13-15(16(20-25-13)18(2,3)4)17(22)19-11-12-26(23,24)21(5)14-9-7-6-8-10-14/h6-10H,11-12H2,1-5H3,(H,19,22). The summed E-state index contributed by atoms with van der Waals surface area (Å²) in [4.78, 5) is 12.5. The van der Waals surface area contributed by atoms with Crippen LogP contribution in [0.25, 0.3) is 0 Å². The van der Waals surface area contributed by atoms with Crippen LogP contribution in [0.15, 0.2) is 34.9 Å². The van der Waals surface area contributed by atoms with Crippen LogP contribution in [-0.4, -0.2) is 38.8 Å². The molecule has 2 rings (SSSR count). The lowest BCUT2D eigenvalue weighted by molar-refractivity contribution is 0.0952. The highest BCUT2D eigenvalue weighted by Crippen LogP contribution is 2.26. The molecule has 0 aliphatic heterocycles. The fourth-order valence-electron chi connectivity index (χ4n) is 2.47. The van der Waals surface area contributed by atoms with E-state index in [1.807, 2.05) is 26.8 Å². The fraction of sp³-hybridized carbons (Fsp3) is 0.444. The second-order valence-electron chi connectivity index (χ2n) is 7.09. The molecule has 0 atom stereocenters. The maximum Gasteiger partial charge on any atom is 0.256 e. The number of hydrogen-bond donors (Lipinski definition) is 1. The van der Waals surface area contributed by atoms with Gasteiger partial charge in [0.2, 0.25) is 10.0 Å². The van der Waals surface area contributed by atoms with E-state index in [1.54, 1.807) is 31.2 Å². The second kappa shape index (κ2) is 7.49. The minimum absolute atomic E-state index is 0.00740. The van der Waals surface area contributed by atoms with Gasteiger partial charge in [-0.3, -0.25) is 9.10 Å². The van der Waals surface area contributed by atoms with Crippen molar-refractivity contribution in [1.29, 1.82) is 0 Å². The van der Waals surface area contributed by atoms with Crippen LogP contribution in [-0.2, 0) is 15.4 Å². The molecule has 0 bridgehead atoms. The van der Waals surface area contributed by atoms with Crippen molar-refractivity contribution in [2.75, 3.05) is 23.7 Å². The minimum Gasteiger partial charge on any atom is -0.361 e. The van der Waals surface area contributed by atoms with Crippen molar-refractivity contribution >= 4 is 21.6 Å². The van der Waals surface area contributed by atoms with Gasteiger partial charge in [0, 0.05) is 19.0 Å². The molecule has 26 heavy (non-hydrogen) atoms. The highest BCUT2D eigenvalue weighted by molar-refractivity contribution is 7.92. The van der Waals surface area contributed by atoms with E-state index in [4.69, 9.17) is 4.52 Å². The van der Waals surface area contributed by atoms with E-state index >= 15 is 0 Å². The molecule has 0 fully saturated rings. The molecule has 0 unspecified atom stereocenters. The molecule has 1 N–H and O–H groups in total. The van der Waals surface area contributed by atoms with E-state index in [0.29, 0.717) is 22.7 Å². The summed E-state index contributed by atoms with van der Waals surface area (Å²) in [6.45, 7) is 7.45. The summed E-state index contributed by atoms with van der Waals surface area (Å²) in [5, 5.41) is 6.63. The molecule has 1 amide bonds. The van der Waals surface area contributed by atoms with Crippen LogP contribution in [0.5, 0.6) is 0 Å². The summed E-state index contributed by atoms with van der Waals surface area (Å²) in [6, 6.07) is 8.79. The third kappa shape index (κ3) is 4.43. The van der Waals surface area contributed by atoms with Gasteiger partial charge in [0.1, 0.15) is 17.0 Å². The SMILES string of the molecule is Cc1onc(C(C)(C)C)c1C(=O)NCCS(=O)(=O)N(C)c1ccccc1. The lowest BCUT2D eigenvalue weighted by atomic mass is 9.88. The highest BCUT2D eigenvalue weighted by atomic mass is 32.2. The van der Waals surface area contributed by atoms with Gasteiger partial charge in [-0.15, -0.1) is 0 Å². The van der Waals surface area contributed by atoms with E-state index in [2.05, 4.69) is 10.5 Å². The van der Waals surface area contributed by atoms with Crippen molar-refractivity contribution in [1.82, 2.24) is 10.5 Å². The average molecular weight is 379 g/mol. The van der Waals surface area contributed by atoms with Crippen LogP contribution in [0.2, 0.25) is 0 Å². The summed E-state index contributed by atoms with van der Waals surface area (Å²) in [5.41, 5.74) is 1.14. The van der Waals surface area contributed by atoms with Gasteiger partial charge in [-0.25, -0.2) is 8.42 Å². The van der Waals surface area contributed by atoms with Gasteiger partial charge in [-0.2, -0.15) is 0 Å². The Balaban J connectivity index is 2.04. The lowest BCUT2D eigenvalue weighted by Crippen LogP contribution is -2.36. The van der Waals surface area contributed by atoms with Crippen LogP contribution in [0.1, 0.15) is 42.6 Å². The number of aryl methyl sites for hydroxylation is 1. The van der Waals surface area contributed by atoms with Crippen molar-refractivity contribution in [3.63, 3.8) is 0 Å². The van der Waals surface area contributed by atoms with Crippen molar-refractivity contribution in [2.24, 2.45) is 0 Å². The number of aromatic nitrogens is 1. The number of sulfonamides is 1. The molecule has 0 saturated carbocycles. The van der Waals surface area contributed by atoms with E-state index in [1.165, 1.54) is 11.4 Å². The Morgan fingerprint density at radius 3 is 2.42 bits per heavy atom.